The molecule has 2 saturated heterocycles. The fourth-order valence-electron chi connectivity index (χ4n) is 3.11. The van der Waals surface area contributed by atoms with Crippen LogP contribution in [-0.4, -0.2) is 61.7 Å². The average Bonchev–Trinajstić information content (AvgIpc) is 2.29. The van der Waals surface area contributed by atoms with Gasteiger partial charge in [0.15, 0.2) is 0 Å². The van der Waals surface area contributed by atoms with Gasteiger partial charge < -0.3 is 15.1 Å². The highest BCUT2D eigenvalue weighted by molar-refractivity contribution is 4.84. The minimum atomic E-state index is 0.737. The third kappa shape index (κ3) is 3.44. The van der Waals surface area contributed by atoms with E-state index < -0.39 is 0 Å². The predicted molar refractivity (Wildman–Crippen MR) is 68.8 cm³/mol. The lowest BCUT2D eigenvalue weighted by Crippen LogP contribution is -2.53. The summed E-state index contributed by atoms with van der Waals surface area (Å²) in [6.07, 6.45) is 5.47. The molecule has 0 saturated carbocycles. The Balaban J connectivity index is 1.75. The lowest BCUT2D eigenvalue weighted by molar-refractivity contribution is 0.163. The van der Waals surface area contributed by atoms with Gasteiger partial charge >= 0.3 is 0 Å². The molecule has 2 atom stereocenters. The predicted octanol–water partition coefficient (Wildman–Crippen LogP) is 1.15. The van der Waals surface area contributed by atoms with Crippen molar-refractivity contribution in [2.75, 3.05) is 39.8 Å². The van der Waals surface area contributed by atoms with Gasteiger partial charge in [0.25, 0.3) is 0 Å². The van der Waals surface area contributed by atoms with Crippen LogP contribution in [-0.2, 0) is 0 Å². The van der Waals surface area contributed by atoms with Gasteiger partial charge in [0, 0.05) is 25.2 Å². The van der Waals surface area contributed by atoms with E-state index in [1.165, 1.54) is 58.4 Å². The van der Waals surface area contributed by atoms with E-state index in [9.17, 15) is 0 Å². The zero-order chi connectivity index (χ0) is 11.4. The molecule has 1 N–H and O–H groups in total. The summed E-state index contributed by atoms with van der Waals surface area (Å²) in [5, 5.41) is 3.87. The molecule has 3 nitrogen and oxygen atoms in total. The number of nitrogens with one attached hydrogen (secondary N) is 1. The van der Waals surface area contributed by atoms with E-state index in [1.54, 1.807) is 0 Å². The Morgan fingerprint density at radius 3 is 2.44 bits per heavy atom. The molecule has 0 radical (unpaired) electrons. The van der Waals surface area contributed by atoms with E-state index in [0.717, 1.165) is 12.1 Å². The monoisotopic (exact) mass is 225 g/mol. The normalized spacial score (nSPS) is 34.1. The van der Waals surface area contributed by atoms with Gasteiger partial charge in [0.2, 0.25) is 0 Å². The van der Waals surface area contributed by atoms with Crippen molar-refractivity contribution in [2.24, 2.45) is 0 Å². The molecule has 0 aromatic heterocycles. The number of rotatable bonds is 3. The number of piperidine rings is 2. The quantitative estimate of drug-likeness (QED) is 0.777. The Bertz CT molecular complexity index is 207. The topological polar surface area (TPSA) is 18.5 Å². The number of nitrogens with zero attached hydrogens (tertiary/aromatic N) is 2. The molecule has 2 aliphatic heterocycles. The molecule has 2 fully saturated rings. The second-order valence-electron chi connectivity index (χ2n) is 5.50. The van der Waals surface area contributed by atoms with Gasteiger partial charge in [-0.3, -0.25) is 0 Å². The Kier molecular flexibility index (Phi) is 4.62. The van der Waals surface area contributed by atoms with Crippen LogP contribution < -0.4 is 5.32 Å². The molecule has 0 aromatic carbocycles. The molecule has 0 bridgehead atoms. The Morgan fingerprint density at radius 1 is 1.06 bits per heavy atom. The van der Waals surface area contributed by atoms with Crippen molar-refractivity contribution >= 4 is 0 Å². The van der Waals surface area contributed by atoms with Crippen LogP contribution in [0.15, 0.2) is 0 Å². The Hall–Kier alpha value is -0.120. The highest BCUT2D eigenvalue weighted by Crippen LogP contribution is 2.14. The summed E-state index contributed by atoms with van der Waals surface area (Å²) >= 11 is 0. The minimum Gasteiger partial charge on any atom is -0.309 e. The van der Waals surface area contributed by atoms with Crippen LogP contribution in [0.1, 0.15) is 32.6 Å². The van der Waals surface area contributed by atoms with Gasteiger partial charge in [-0.25, -0.2) is 0 Å². The third-order valence-electron chi connectivity index (χ3n) is 4.05. The molecule has 16 heavy (non-hydrogen) atoms. The van der Waals surface area contributed by atoms with Crippen molar-refractivity contribution in [1.29, 1.82) is 0 Å². The van der Waals surface area contributed by atoms with Crippen molar-refractivity contribution in [1.82, 2.24) is 15.1 Å². The highest BCUT2D eigenvalue weighted by Gasteiger charge is 2.23. The zero-order valence-electron chi connectivity index (χ0n) is 10.9. The molecule has 2 unspecified atom stereocenters. The maximum Gasteiger partial charge on any atom is 0.0198 e. The van der Waals surface area contributed by atoms with Crippen molar-refractivity contribution in [3.05, 3.63) is 0 Å². The van der Waals surface area contributed by atoms with E-state index in [4.69, 9.17) is 0 Å². The molecular weight excluding hydrogens is 198 g/mol. The first kappa shape index (κ1) is 12.3. The van der Waals surface area contributed by atoms with E-state index in [0.29, 0.717) is 0 Å². The van der Waals surface area contributed by atoms with Crippen LogP contribution >= 0.6 is 0 Å². The maximum atomic E-state index is 3.87. The fraction of sp³-hybridized carbons (Fsp3) is 1.00. The minimum absolute atomic E-state index is 0.737. The second-order valence-corrected chi connectivity index (χ2v) is 5.50. The second kappa shape index (κ2) is 5.99. The van der Waals surface area contributed by atoms with Crippen LogP contribution in [0, 0.1) is 0 Å². The SMILES string of the molecule is CCN1CCCC(NC2CCCN(C)C2)C1. The molecule has 2 aliphatic rings. The van der Waals surface area contributed by atoms with E-state index in [2.05, 4.69) is 29.1 Å². The van der Waals surface area contributed by atoms with Gasteiger partial charge in [0.05, 0.1) is 0 Å². The summed E-state index contributed by atoms with van der Waals surface area (Å²) < 4.78 is 0. The molecule has 3 heteroatoms. The smallest absolute Gasteiger partial charge is 0.0198 e. The van der Waals surface area contributed by atoms with Crippen LogP contribution in [0.25, 0.3) is 0 Å². The lowest BCUT2D eigenvalue weighted by Gasteiger charge is -2.37. The number of likely N-dealkylation sites (N-methyl/N-ethyl adjacent to an activating group) is 2. The summed E-state index contributed by atoms with van der Waals surface area (Å²) in [7, 11) is 2.24. The fourth-order valence-corrected chi connectivity index (χ4v) is 3.11. The third-order valence-corrected chi connectivity index (χ3v) is 4.05. The molecular formula is C13H27N3. The Labute approximate surface area is 100 Å². The van der Waals surface area contributed by atoms with E-state index in [1.807, 2.05) is 0 Å². The van der Waals surface area contributed by atoms with Crippen molar-refractivity contribution in [3.8, 4) is 0 Å². The molecule has 94 valence electrons. The van der Waals surface area contributed by atoms with Crippen molar-refractivity contribution in [3.63, 3.8) is 0 Å². The van der Waals surface area contributed by atoms with Gasteiger partial charge in [0.1, 0.15) is 0 Å². The molecule has 0 aromatic rings. The van der Waals surface area contributed by atoms with Crippen molar-refractivity contribution < 1.29 is 0 Å². The largest absolute Gasteiger partial charge is 0.309 e. The summed E-state index contributed by atoms with van der Waals surface area (Å²) in [5.41, 5.74) is 0. The van der Waals surface area contributed by atoms with E-state index in [-0.39, 0.29) is 0 Å². The zero-order valence-corrected chi connectivity index (χ0v) is 10.9. The number of hydrogen-bond donors (Lipinski definition) is 1. The van der Waals surface area contributed by atoms with E-state index >= 15 is 0 Å². The maximum absolute atomic E-state index is 3.87. The van der Waals surface area contributed by atoms with Crippen LogP contribution in [0.4, 0.5) is 0 Å². The molecule has 0 aliphatic carbocycles. The first-order chi connectivity index (χ1) is 7.78. The molecule has 2 rings (SSSR count). The molecule has 2 heterocycles. The molecule has 0 spiro atoms. The lowest BCUT2D eigenvalue weighted by atomic mass is 10.0. The highest BCUT2D eigenvalue weighted by atomic mass is 15.2. The summed E-state index contributed by atoms with van der Waals surface area (Å²) in [4.78, 5) is 5.04. The van der Waals surface area contributed by atoms with Crippen LogP contribution in [0.5, 0.6) is 0 Å². The standard InChI is InChI=1S/C13H27N3/c1-3-16-9-5-7-13(11-16)14-12-6-4-8-15(2)10-12/h12-14H,3-11H2,1-2H3. The van der Waals surface area contributed by atoms with Crippen molar-refractivity contribution in [2.45, 2.75) is 44.7 Å². The summed E-state index contributed by atoms with van der Waals surface area (Å²) in [6.45, 7) is 8.57. The van der Waals surface area contributed by atoms with Gasteiger partial charge in [-0.2, -0.15) is 0 Å². The Morgan fingerprint density at radius 2 is 1.75 bits per heavy atom. The first-order valence-corrected chi connectivity index (χ1v) is 6.95. The van der Waals surface area contributed by atoms with Crippen LogP contribution in [0.3, 0.4) is 0 Å². The number of hydrogen-bond acceptors (Lipinski definition) is 3. The number of likely N-dealkylation sites (tertiary alicyclic amines) is 2. The first-order valence-electron chi connectivity index (χ1n) is 6.95. The van der Waals surface area contributed by atoms with Crippen LogP contribution in [0.2, 0.25) is 0 Å². The van der Waals surface area contributed by atoms with Gasteiger partial charge in [-0.05, 0) is 52.4 Å². The summed E-state index contributed by atoms with van der Waals surface area (Å²) in [5.74, 6) is 0. The average molecular weight is 225 g/mol. The summed E-state index contributed by atoms with van der Waals surface area (Å²) in [6, 6.07) is 1.48. The van der Waals surface area contributed by atoms with Gasteiger partial charge in [-0.15, -0.1) is 0 Å². The van der Waals surface area contributed by atoms with Gasteiger partial charge in [-0.1, -0.05) is 6.92 Å². The molecule has 0 amide bonds.